The molecule has 1 aliphatic heterocycles. The molecule has 1 atom stereocenters. The monoisotopic (exact) mass is 257 g/mol. The van der Waals surface area contributed by atoms with E-state index < -0.39 is 0 Å². The molecular formula is C10H12BrNO2. The van der Waals surface area contributed by atoms with Crippen LogP contribution in [0.4, 0.5) is 0 Å². The van der Waals surface area contributed by atoms with Crippen molar-refractivity contribution in [2.45, 2.75) is 12.5 Å². The Kier molecular flexibility index (Phi) is 2.93. The fourth-order valence-corrected chi connectivity index (χ4v) is 1.87. The molecular weight excluding hydrogens is 246 g/mol. The van der Waals surface area contributed by atoms with Gasteiger partial charge in [0.1, 0.15) is 17.6 Å². The highest BCUT2D eigenvalue weighted by Gasteiger charge is 2.21. The third kappa shape index (κ3) is 1.86. The fourth-order valence-electron chi connectivity index (χ4n) is 1.55. The molecule has 3 nitrogen and oxygen atoms in total. The number of hydrogen-bond donors (Lipinski definition) is 1. The van der Waals surface area contributed by atoms with Crippen LogP contribution in [0, 0.1) is 0 Å². The van der Waals surface area contributed by atoms with E-state index >= 15 is 0 Å². The van der Waals surface area contributed by atoms with E-state index in [0.717, 1.165) is 29.2 Å². The van der Waals surface area contributed by atoms with Crippen molar-refractivity contribution in [3.8, 4) is 0 Å². The molecule has 0 fully saturated rings. The fraction of sp³-hybridized carbons (Fsp3) is 0.400. The highest BCUT2D eigenvalue weighted by atomic mass is 79.9. The van der Waals surface area contributed by atoms with Crippen molar-refractivity contribution in [2.75, 3.05) is 13.7 Å². The summed E-state index contributed by atoms with van der Waals surface area (Å²) in [5.74, 6) is 1.82. The van der Waals surface area contributed by atoms with Gasteiger partial charge in [-0.05, 0) is 41.2 Å². The Morgan fingerprint density at radius 1 is 1.50 bits per heavy atom. The molecule has 0 saturated heterocycles. The van der Waals surface area contributed by atoms with Crippen molar-refractivity contribution in [2.24, 2.45) is 0 Å². The summed E-state index contributed by atoms with van der Waals surface area (Å²) in [6.07, 6.45) is 3.08. The largest absolute Gasteiger partial charge is 0.496 e. The van der Waals surface area contributed by atoms with Crippen LogP contribution in [0.25, 0.3) is 0 Å². The van der Waals surface area contributed by atoms with Crippen molar-refractivity contribution < 1.29 is 9.15 Å². The van der Waals surface area contributed by atoms with Crippen LogP contribution < -0.4 is 5.32 Å². The van der Waals surface area contributed by atoms with Crippen LogP contribution >= 0.6 is 15.9 Å². The summed E-state index contributed by atoms with van der Waals surface area (Å²) in [6, 6.07) is 3.85. The lowest BCUT2D eigenvalue weighted by molar-refractivity contribution is 0.210. The molecule has 0 bridgehead atoms. The quantitative estimate of drug-likeness (QED) is 0.904. The number of furan rings is 1. The predicted octanol–water partition coefficient (Wildman–Crippen LogP) is 2.61. The van der Waals surface area contributed by atoms with Gasteiger partial charge in [-0.2, -0.15) is 0 Å². The second-order valence-electron chi connectivity index (χ2n) is 3.11. The van der Waals surface area contributed by atoms with Gasteiger partial charge in [0.25, 0.3) is 0 Å². The topological polar surface area (TPSA) is 34.4 Å². The number of likely N-dealkylation sites (N-methyl/N-ethyl adjacent to an activating group) is 1. The maximum Gasteiger partial charge on any atom is 0.169 e. The normalized spacial score (nSPS) is 17.7. The first-order chi connectivity index (χ1) is 6.81. The number of nitrogens with one attached hydrogen (secondary N) is 1. The minimum absolute atomic E-state index is 0.0313. The molecule has 76 valence electrons. The zero-order chi connectivity index (χ0) is 9.97. The van der Waals surface area contributed by atoms with Gasteiger partial charge >= 0.3 is 0 Å². The molecule has 0 aromatic carbocycles. The SMILES string of the molecule is CNC(C1=CCCO1)c1ccc(Br)o1. The van der Waals surface area contributed by atoms with Gasteiger partial charge < -0.3 is 14.5 Å². The molecule has 0 radical (unpaired) electrons. The van der Waals surface area contributed by atoms with Crippen LogP contribution in [-0.2, 0) is 4.74 Å². The molecule has 1 aromatic heterocycles. The maximum atomic E-state index is 5.49. The van der Waals surface area contributed by atoms with Gasteiger partial charge in [-0.15, -0.1) is 0 Å². The van der Waals surface area contributed by atoms with Crippen LogP contribution in [0.2, 0.25) is 0 Å². The van der Waals surface area contributed by atoms with Gasteiger partial charge in [0.2, 0.25) is 0 Å². The van der Waals surface area contributed by atoms with Crippen LogP contribution in [0.15, 0.2) is 33.1 Å². The van der Waals surface area contributed by atoms with E-state index in [4.69, 9.17) is 9.15 Å². The van der Waals surface area contributed by atoms with E-state index in [1.165, 1.54) is 0 Å². The molecule has 0 aliphatic carbocycles. The van der Waals surface area contributed by atoms with Crippen molar-refractivity contribution in [1.82, 2.24) is 5.32 Å². The molecule has 0 amide bonds. The molecule has 2 rings (SSSR count). The number of halogens is 1. The zero-order valence-corrected chi connectivity index (χ0v) is 9.50. The second-order valence-corrected chi connectivity index (χ2v) is 3.89. The number of hydrogen-bond acceptors (Lipinski definition) is 3. The van der Waals surface area contributed by atoms with Gasteiger partial charge in [-0.25, -0.2) is 0 Å². The van der Waals surface area contributed by atoms with Crippen LogP contribution in [0.1, 0.15) is 18.2 Å². The van der Waals surface area contributed by atoms with Gasteiger partial charge in [0.05, 0.1) is 6.61 Å². The second kappa shape index (κ2) is 4.19. The average molecular weight is 258 g/mol. The standard InChI is InChI=1S/C10H12BrNO2/c1-12-10(7-3-2-6-13-7)8-4-5-9(11)14-8/h3-5,10,12H,2,6H2,1H3. The summed E-state index contributed by atoms with van der Waals surface area (Å²) in [5.41, 5.74) is 0. The van der Waals surface area contributed by atoms with Crippen LogP contribution in [0.3, 0.4) is 0 Å². The lowest BCUT2D eigenvalue weighted by Gasteiger charge is -2.14. The Bertz CT molecular complexity index is 346. The molecule has 1 unspecified atom stereocenters. The summed E-state index contributed by atoms with van der Waals surface area (Å²) < 4.78 is 11.7. The summed E-state index contributed by atoms with van der Waals surface area (Å²) in [6.45, 7) is 0.773. The van der Waals surface area contributed by atoms with Crippen molar-refractivity contribution in [3.05, 3.63) is 34.4 Å². The van der Waals surface area contributed by atoms with E-state index in [-0.39, 0.29) is 6.04 Å². The van der Waals surface area contributed by atoms with E-state index in [9.17, 15) is 0 Å². The molecule has 2 heterocycles. The Hall–Kier alpha value is -0.740. The van der Waals surface area contributed by atoms with Crippen molar-refractivity contribution in [3.63, 3.8) is 0 Å². The van der Waals surface area contributed by atoms with Crippen molar-refractivity contribution >= 4 is 15.9 Å². The summed E-state index contributed by atoms with van der Waals surface area (Å²) in [4.78, 5) is 0. The van der Waals surface area contributed by atoms with Crippen molar-refractivity contribution in [1.29, 1.82) is 0 Å². The first kappa shape index (κ1) is 9.80. The van der Waals surface area contributed by atoms with E-state index in [0.29, 0.717) is 0 Å². The third-order valence-corrected chi connectivity index (χ3v) is 2.61. The van der Waals surface area contributed by atoms with Crippen LogP contribution in [0.5, 0.6) is 0 Å². The van der Waals surface area contributed by atoms with Gasteiger partial charge in [-0.3, -0.25) is 0 Å². The lowest BCUT2D eigenvalue weighted by atomic mass is 10.2. The van der Waals surface area contributed by atoms with E-state index in [2.05, 4.69) is 27.3 Å². The minimum Gasteiger partial charge on any atom is -0.496 e. The Morgan fingerprint density at radius 3 is 2.86 bits per heavy atom. The Balaban J connectivity index is 2.20. The lowest BCUT2D eigenvalue weighted by Crippen LogP contribution is -2.18. The number of ether oxygens (including phenoxy) is 1. The first-order valence-corrected chi connectivity index (χ1v) is 5.36. The minimum atomic E-state index is 0.0313. The molecule has 14 heavy (non-hydrogen) atoms. The molecule has 0 spiro atoms. The molecule has 1 aromatic rings. The highest BCUT2D eigenvalue weighted by Crippen LogP contribution is 2.28. The molecule has 1 aliphatic rings. The van der Waals surface area contributed by atoms with Gasteiger partial charge in [0.15, 0.2) is 4.67 Å². The van der Waals surface area contributed by atoms with Crippen LogP contribution in [-0.4, -0.2) is 13.7 Å². The number of rotatable bonds is 3. The molecule has 4 heteroatoms. The summed E-state index contributed by atoms with van der Waals surface area (Å²) in [5, 5.41) is 3.17. The summed E-state index contributed by atoms with van der Waals surface area (Å²) in [7, 11) is 1.89. The maximum absolute atomic E-state index is 5.49. The van der Waals surface area contributed by atoms with E-state index in [1.54, 1.807) is 0 Å². The van der Waals surface area contributed by atoms with Gasteiger partial charge in [0, 0.05) is 6.42 Å². The molecule has 1 N–H and O–H groups in total. The summed E-state index contributed by atoms with van der Waals surface area (Å²) >= 11 is 3.28. The molecule has 0 saturated carbocycles. The third-order valence-electron chi connectivity index (χ3n) is 2.18. The Morgan fingerprint density at radius 2 is 2.36 bits per heavy atom. The highest BCUT2D eigenvalue weighted by molar-refractivity contribution is 9.10. The average Bonchev–Trinajstić information content (AvgIpc) is 2.79. The Labute approximate surface area is 91.3 Å². The van der Waals surface area contributed by atoms with Gasteiger partial charge in [-0.1, -0.05) is 0 Å². The first-order valence-electron chi connectivity index (χ1n) is 4.56. The smallest absolute Gasteiger partial charge is 0.169 e. The predicted molar refractivity (Wildman–Crippen MR) is 56.9 cm³/mol. The van der Waals surface area contributed by atoms with E-state index in [1.807, 2.05) is 19.2 Å². The zero-order valence-electron chi connectivity index (χ0n) is 7.92.